The van der Waals surface area contributed by atoms with E-state index < -0.39 is 5.97 Å². The van der Waals surface area contributed by atoms with Gasteiger partial charge in [-0.1, -0.05) is 4.49 Å². The van der Waals surface area contributed by atoms with Gasteiger partial charge < -0.3 is 16.2 Å². The summed E-state index contributed by atoms with van der Waals surface area (Å²) in [7, 11) is 0. The number of rotatable bonds is 1. The molecule has 0 aromatic carbocycles. The molecule has 1 aromatic heterocycles. The van der Waals surface area contributed by atoms with Gasteiger partial charge in [0.1, 0.15) is 0 Å². The Morgan fingerprint density at radius 2 is 2.27 bits per heavy atom. The third kappa shape index (κ3) is 3.84. The SMILES string of the molecule is O=C(O)c1cnns1.[N-]=[N+]=[N-]. The third-order valence-corrected chi connectivity index (χ3v) is 1.22. The van der Waals surface area contributed by atoms with Crippen LogP contribution >= 0.6 is 11.5 Å². The average Bonchev–Trinajstić information content (AvgIpc) is 2.38. The second-order valence-electron chi connectivity index (χ2n) is 1.18. The number of hydrogen-bond donors (Lipinski definition) is 1. The van der Waals surface area contributed by atoms with Crippen LogP contribution in [0.15, 0.2) is 6.20 Å². The number of carbonyl (C=O) groups is 1. The van der Waals surface area contributed by atoms with E-state index in [4.69, 9.17) is 16.2 Å². The molecule has 0 aliphatic rings. The Kier molecular flexibility index (Phi) is 4.37. The molecule has 11 heavy (non-hydrogen) atoms. The Hall–Kier alpha value is -1.66. The normalized spacial score (nSPS) is 7.27. The van der Waals surface area contributed by atoms with Crippen molar-refractivity contribution >= 4 is 17.5 Å². The maximum Gasteiger partial charge on any atom is 0.349 e. The van der Waals surface area contributed by atoms with Crippen LogP contribution in [0.4, 0.5) is 0 Å². The maximum atomic E-state index is 9.99. The minimum absolute atomic E-state index is 0.171. The van der Waals surface area contributed by atoms with Crippen LogP contribution in [0.3, 0.4) is 0 Å². The highest BCUT2D eigenvalue weighted by molar-refractivity contribution is 7.07. The number of nitrogens with zero attached hydrogens (tertiary/aromatic N) is 5. The molecule has 0 aliphatic carbocycles. The molecule has 0 radical (unpaired) electrons. The van der Waals surface area contributed by atoms with Crippen LogP contribution in [0, 0.1) is 0 Å². The molecular weight excluding hydrogens is 170 g/mol. The lowest BCUT2D eigenvalue weighted by atomic mass is 10.6. The molecule has 8 heteroatoms. The van der Waals surface area contributed by atoms with E-state index in [2.05, 4.69) is 9.59 Å². The van der Waals surface area contributed by atoms with Gasteiger partial charge in [0.05, 0.1) is 6.20 Å². The van der Waals surface area contributed by atoms with Crippen molar-refractivity contribution in [3.63, 3.8) is 0 Å². The van der Waals surface area contributed by atoms with E-state index in [9.17, 15) is 4.79 Å². The van der Waals surface area contributed by atoms with Gasteiger partial charge >= 0.3 is 5.97 Å². The molecule has 0 amide bonds. The minimum atomic E-state index is -0.972. The Morgan fingerprint density at radius 3 is 2.45 bits per heavy atom. The van der Waals surface area contributed by atoms with Crippen molar-refractivity contribution < 1.29 is 9.90 Å². The maximum absolute atomic E-state index is 9.99. The summed E-state index contributed by atoms with van der Waals surface area (Å²) in [6.45, 7) is 0. The summed E-state index contributed by atoms with van der Waals surface area (Å²) in [5.41, 5.74) is 13.5. The minimum Gasteiger partial charge on any atom is -0.477 e. The van der Waals surface area contributed by atoms with Crippen LogP contribution in [-0.4, -0.2) is 20.7 Å². The number of carboxylic acids is 1. The number of hydrogen-bond acceptors (Lipinski definition) is 4. The van der Waals surface area contributed by atoms with Crippen LogP contribution in [0.1, 0.15) is 9.67 Å². The number of carboxylic acid groups (broad SMARTS) is 1. The van der Waals surface area contributed by atoms with Crippen LogP contribution in [0.2, 0.25) is 0 Å². The molecule has 0 saturated carbocycles. The first-order valence-corrected chi connectivity index (χ1v) is 2.98. The largest absolute Gasteiger partial charge is 0.477 e. The van der Waals surface area contributed by atoms with E-state index in [1.807, 2.05) is 0 Å². The van der Waals surface area contributed by atoms with E-state index in [1.165, 1.54) is 11.1 Å². The molecule has 0 aliphatic heterocycles. The van der Waals surface area contributed by atoms with Gasteiger partial charge in [0.2, 0.25) is 0 Å². The molecule has 0 saturated heterocycles. The molecule has 0 unspecified atom stereocenters. The van der Waals surface area contributed by atoms with Gasteiger partial charge in [-0.2, -0.15) is 0 Å². The lowest BCUT2D eigenvalue weighted by molar-refractivity contribution is 0.0702. The summed E-state index contributed by atoms with van der Waals surface area (Å²) in [6, 6.07) is 0. The Morgan fingerprint density at radius 1 is 1.73 bits per heavy atom. The molecule has 1 rings (SSSR count). The predicted octanol–water partition coefficient (Wildman–Crippen LogP) is 1.10. The average molecular weight is 172 g/mol. The number of aromatic carboxylic acids is 1. The fourth-order valence-electron chi connectivity index (χ4n) is 0.261. The van der Waals surface area contributed by atoms with E-state index in [-0.39, 0.29) is 4.88 Å². The zero-order valence-corrected chi connectivity index (χ0v) is 5.89. The first-order valence-electron chi connectivity index (χ1n) is 2.21. The summed E-state index contributed by atoms with van der Waals surface area (Å²) in [4.78, 5) is 11.7. The molecule has 58 valence electrons. The van der Waals surface area contributed by atoms with Crippen molar-refractivity contribution in [2.75, 3.05) is 0 Å². The summed E-state index contributed by atoms with van der Waals surface area (Å²) in [5, 5.41) is 11.5. The predicted molar refractivity (Wildman–Crippen MR) is 36.9 cm³/mol. The zero-order chi connectivity index (χ0) is 8.69. The van der Waals surface area contributed by atoms with Gasteiger partial charge in [0.15, 0.2) is 4.88 Å². The van der Waals surface area contributed by atoms with Crippen molar-refractivity contribution in [1.29, 1.82) is 0 Å². The van der Waals surface area contributed by atoms with E-state index >= 15 is 0 Å². The summed E-state index contributed by atoms with van der Waals surface area (Å²) in [6.07, 6.45) is 1.22. The Balaban J connectivity index is 0.000000292. The molecule has 1 heterocycles. The molecule has 0 atom stereocenters. The lowest BCUT2D eigenvalue weighted by Gasteiger charge is -1.75. The Bertz CT molecular complexity index is 251. The van der Waals surface area contributed by atoms with Crippen molar-refractivity contribution in [3.8, 4) is 0 Å². The van der Waals surface area contributed by atoms with E-state index in [0.717, 1.165) is 11.5 Å². The van der Waals surface area contributed by atoms with Gasteiger partial charge in [-0.15, -0.1) is 5.10 Å². The van der Waals surface area contributed by atoms with E-state index in [1.54, 1.807) is 0 Å². The highest BCUT2D eigenvalue weighted by Crippen LogP contribution is 1.99. The van der Waals surface area contributed by atoms with Gasteiger partial charge in [0, 0.05) is 0 Å². The monoisotopic (exact) mass is 172 g/mol. The zero-order valence-electron chi connectivity index (χ0n) is 5.08. The molecule has 0 fully saturated rings. The van der Waals surface area contributed by atoms with Gasteiger partial charge in [-0.3, -0.25) is 4.91 Å². The number of aromatic nitrogens is 2. The quantitative estimate of drug-likeness (QED) is 0.387. The summed E-state index contributed by atoms with van der Waals surface area (Å²) < 4.78 is 3.35. The molecule has 0 spiro atoms. The fraction of sp³-hybridized carbons (Fsp3) is 0. The van der Waals surface area contributed by atoms with Crippen LogP contribution in [0.25, 0.3) is 16.0 Å². The van der Waals surface area contributed by atoms with Crippen molar-refractivity contribution in [2.24, 2.45) is 0 Å². The molecular formula is C3H2N5O2S-. The first-order chi connectivity index (χ1) is 5.22. The van der Waals surface area contributed by atoms with Gasteiger partial charge in [-0.05, 0) is 11.5 Å². The van der Waals surface area contributed by atoms with Crippen molar-refractivity contribution in [1.82, 2.24) is 9.59 Å². The molecule has 1 N–H and O–H groups in total. The first kappa shape index (κ1) is 9.34. The van der Waals surface area contributed by atoms with Crippen molar-refractivity contribution in [3.05, 3.63) is 27.0 Å². The second kappa shape index (κ2) is 5.15. The highest BCUT2D eigenvalue weighted by atomic mass is 32.1. The van der Waals surface area contributed by atoms with Crippen LogP contribution in [-0.2, 0) is 0 Å². The van der Waals surface area contributed by atoms with Crippen molar-refractivity contribution in [2.45, 2.75) is 0 Å². The van der Waals surface area contributed by atoms with E-state index in [0.29, 0.717) is 0 Å². The standard InChI is InChI=1S/C3H2N2O2S.N3/c6-3(7)2-1-4-5-8-2;1-3-2/h1H,(H,6,7);/q;-1. The summed E-state index contributed by atoms with van der Waals surface area (Å²) in [5.74, 6) is -0.972. The lowest BCUT2D eigenvalue weighted by Crippen LogP contribution is -1.89. The molecule has 0 bridgehead atoms. The molecule has 7 nitrogen and oxygen atoms in total. The van der Waals surface area contributed by atoms with Crippen LogP contribution in [0.5, 0.6) is 0 Å². The fourth-order valence-corrected chi connectivity index (χ4v) is 0.616. The highest BCUT2D eigenvalue weighted by Gasteiger charge is 2.02. The third-order valence-electron chi connectivity index (χ3n) is 0.572. The van der Waals surface area contributed by atoms with Crippen LogP contribution < -0.4 is 0 Å². The van der Waals surface area contributed by atoms with Gasteiger partial charge in [-0.25, -0.2) is 4.79 Å². The second-order valence-corrected chi connectivity index (χ2v) is 1.96. The van der Waals surface area contributed by atoms with Gasteiger partial charge in [0.25, 0.3) is 0 Å². The topological polar surface area (TPSA) is 122 Å². The molecule has 1 aromatic rings. The smallest absolute Gasteiger partial charge is 0.349 e. The Labute approximate surface area is 64.9 Å². The summed E-state index contributed by atoms with van der Waals surface area (Å²) >= 11 is 0.870.